The average Bonchev–Trinajstić information content (AvgIpc) is 2.49. The molecule has 4 nitrogen and oxygen atoms in total. The average molecular weight is 334 g/mol. The van der Waals surface area contributed by atoms with E-state index in [-0.39, 0.29) is 5.78 Å². The first kappa shape index (κ1) is 22.2. The molecule has 0 aromatic rings. The third-order valence-electron chi connectivity index (χ3n) is 3.04. The number of ketones is 1. The second-order valence-electron chi connectivity index (χ2n) is 5.67. The first-order valence-electron chi connectivity index (χ1n) is 8.30. The maximum atomic E-state index is 10.8. The molecule has 24 heavy (non-hydrogen) atoms. The van der Waals surface area contributed by atoms with Crippen molar-refractivity contribution in [1.29, 1.82) is 0 Å². The number of hydrogen-bond acceptors (Lipinski definition) is 4. The van der Waals surface area contributed by atoms with Crippen molar-refractivity contribution in [2.24, 2.45) is 0 Å². The Balaban J connectivity index is 3.93. The summed E-state index contributed by atoms with van der Waals surface area (Å²) in [5.41, 5.74) is 0. The lowest BCUT2D eigenvalue weighted by Crippen LogP contribution is -2.02. The highest BCUT2D eigenvalue weighted by molar-refractivity contribution is 5.75. The van der Waals surface area contributed by atoms with E-state index in [0.717, 1.165) is 0 Å². The van der Waals surface area contributed by atoms with Gasteiger partial charge >= 0.3 is 0 Å². The minimum absolute atomic E-state index is 0.142. The van der Waals surface area contributed by atoms with Crippen molar-refractivity contribution in [2.75, 3.05) is 0 Å². The van der Waals surface area contributed by atoms with Gasteiger partial charge in [-0.1, -0.05) is 60.8 Å². The Bertz CT molecular complexity index is 470. The smallest absolute Gasteiger partial charge is 0.129 e. The van der Waals surface area contributed by atoms with Crippen molar-refractivity contribution in [1.82, 2.24) is 0 Å². The van der Waals surface area contributed by atoms with Crippen LogP contribution in [0.2, 0.25) is 0 Å². The second kappa shape index (κ2) is 14.8. The van der Waals surface area contributed by atoms with Gasteiger partial charge in [0.2, 0.25) is 0 Å². The molecule has 0 bridgehead atoms. The highest BCUT2D eigenvalue weighted by Crippen LogP contribution is 2.03. The van der Waals surface area contributed by atoms with Crippen LogP contribution in [0.4, 0.5) is 0 Å². The summed E-state index contributed by atoms with van der Waals surface area (Å²) >= 11 is 0. The van der Waals surface area contributed by atoms with Gasteiger partial charge < -0.3 is 20.1 Å². The van der Waals surface area contributed by atoms with Gasteiger partial charge in [0, 0.05) is 6.42 Å². The van der Waals surface area contributed by atoms with Crippen LogP contribution >= 0.6 is 0 Å². The van der Waals surface area contributed by atoms with Crippen LogP contribution in [0, 0.1) is 0 Å². The van der Waals surface area contributed by atoms with Crippen molar-refractivity contribution in [2.45, 2.75) is 57.8 Å². The summed E-state index contributed by atoms with van der Waals surface area (Å²) in [5, 5.41) is 28.4. The van der Waals surface area contributed by atoms with Gasteiger partial charge in [0.15, 0.2) is 0 Å². The molecule has 0 unspecified atom stereocenters. The lowest BCUT2D eigenvalue weighted by Gasteiger charge is -2.02. The van der Waals surface area contributed by atoms with E-state index in [1.807, 2.05) is 6.08 Å². The second-order valence-corrected chi connectivity index (χ2v) is 5.67. The molecule has 0 saturated heterocycles. The molecule has 0 fully saturated rings. The molecule has 0 aliphatic heterocycles. The molecule has 3 atom stereocenters. The molecule has 0 rings (SSSR count). The lowest BCUT2D eigenvalue weighted by atomic mass is 10.1. The van der Waals surface area contributed by atoms with E-state index in [1.165, 1.54) is 0 Å². The van der Waals surface area contributed by atoms with Crippen LogP contribution in [0.15, 0.2) is 60.8 Å². The predicted molar refractivity (Wildman–Crippen MR) is 98.5 cm³/mol. The standard InChI is InChI=1S/C20H30O4/c1-17(21)11-6-5-9-15-19(23)13-7-3-4-8-14-20(24)16-10-12-18(2)22/h3-9,11,13-14,17,19-21,23-24H,10,12,15-16H2,1-2H3/b4-3+,9-5-,11-6+,13-7+,14-8-/t17-,19+,20-/m1/s1. The van der Waals surface area contributed by atoms with Crippen LogP contribution in [0.5, 0.6) is 0 Å². The molecule has 3 N–H and O–H groups in total. The van der Waals surface area contributed by atoms with E-state index in [4.69, 9.17) is 5.11 Å². The Morgan fingerprint density at radius 2 is 1.46 bits per heavy atom. The number of carbonyl (C=O) groups is 1. The molecule has 0 spiro atoms. The molecule has 0 saturated carbocycles. The maximum absolute atomic E-state index is 10.8. The van der Waals surface area contributed by atoms with Gasteiger partial charge in [0.1, 0.15) is 5.78 Å². The van der Waals surface area contributed by atoms with Crippen molar-refractivity contribution in [3.8, 4) is 0 Å². The Labute approximate surface area is 145 Å². The minimum Gasteiger partial charge on any atom is -0.389 e. The van der Waals surface area contributed by atoms with E-state index >= 15 is 0 Å². The normalized spacial score (nSPS) is 16.9. The summed E-state index contributed by atoms with van der Waals surface area (Å²) in [6.07, 6.45) is 18.1. The number of carbonyl (C=O) groups excluding carboxylic acids is 1. The Morgan fingerprint density at radius 3 is 2.04 bits per heavy atom. The van der Waals surface area contributed by atoms with Crippen LogP contribution in [0.1, 0.15) is 39.5 Å². The molecule has 4 heteroatoms. The molecule has 0 aliphatic rings. The summed E-state index contributed by atoms with van der Waals surface area (Å²) < 4.78 is 0. The summed E-state index contributed by atoms with van der Waals surface area (Å²) in [5.74, 6) is 0.142. The fourth-order valence-corrected chi connectivity index (χ4v) is 1.77. The predicted octanol–water partition coefficient (Wildman–Crippen LogP) is 3.02. The molecule has 134 valence electrons. The fraction of sp³-hybridized carbons (Fsp3) is 0.450. The van der Waals surface area contributed by atoms with Gasteiger partial charge in [-0.05, 0) is 33.1 Å². The van der Waals surface area contributed by atoms with E-state index in [2.05, 4.69) is 0 Å². The van der Waals surface area contributed by atoms with Crippen molar-refractivity contribution in [3.63, 3.8) is 0 Å². The van der Waals surface area contributed by atoms with E-state index in [0.29, 0.717) is 25.7 Å². The van der Waals surface area contributed by atoms with Crippen molar-refractivity contribution in [3.05, 3.63) is 60.8 Å². The zero-order chi connectivity index (χ0) is 18.2. The highest BCUT2D eigenvalue weighted by Gasteiger charge is 1.99. The molecule has 0 radical (unpaired) electrons. The summed E-state index contributed by atoms with van der Waals surface area (Å²) in [7, 11) is 0. The first-order chi connectivity index (χ1) is 11.4. The number of aliphatic hydroxyl groups is 3. The van der Waals surface area contributed by atoms with Gasteiger partial charge in [-0.2, -0.15) is 0 Å². The van der Waals surface area contributed by atoms with Gasteiger partial charge in [-0.15, -0.1) is 0 Å². The Hall–Kier alpha value is -1.75. The van der Waals surface area contributed by atoms with E-state index in [9.17, 15) is 15.0 Å². The van der Waals surface area contributed by atoms with Crippen LogP contribution in [0.3, 0.4) is 0 Å². The van der Waals surface area contributed by atoms with Crippen LogP contribution < -0.4 is 0 Å². The number of Topliss-reactive ketones (excluding diaryl/α,β-unsaturated/α-hetero) is 1. The van der Waals surface area contributed by atoms with Gasteiger partial charge in [0.05, 0.1) is 18.3 Å². The fourth-order valence-electron chi connectivity index (χ4n) is 1.77. The monoisotopic (exact) mass is 334 g/mol. The van der Waals surface area contributed by atoms with E-state index in [1.54, 1.807) is 68.5 Å². The number of aliphatic hydroxyl groups excluding tert-OH is 3. The molecule has 0 aliphatic carbocycles. The molecule has 0 aromatic carbocycles. The van der Waals surface area contributed by atoms with Gasteiger partial charge in [0.25, 0.3) is 0 Å². The third kappa shape index (κ3) is 16.6. The van der Waals surface area contributed by atoms with Crippen molar-refractivity contribution >= 4 is 5.78 Å². The quantitative estimate of drug-likeness (QED) is 0.479. The first-order valence-corrected chi connectivity index (χ1v) is 8.30. The topological polar surface area (TPSA) is 77.8 Å². The van der Waals surface area contributed by atoms with Crippen LogP contribution in [-0.2, 0) is 4.79 Å². The lowest BCUT2D eigenvalue weighted by molar-refractivity contribution is -0.117. The number of allylic oxidation sites excluding steroid dienone is 6. The molecular weight excluding hydrogens is 304 g/mol. The SMILES string of the molecule is CC(=O)CCC[C@H](O)\C=C/C=C/C=C/[C@H](O)C/C=C\C=C\[C@@H](C)O. The number of hydrogen-bond donors (Lipinski definition) is 3. The van der Waals surface area contributed by atoms with Crippen molar-refractivity contribution < 1.29 is 20.1 Å². The Kier molecular flexibility index (Phi) is 13.7. The molecule has 0 heterocycles. The zero-order valence-electron chi connectivity index (χ0n) is 14.6. The molecular formula is C20H30O4. The Morgan fingerprint density at radius 1 is 0.875 bits per heavy atom. The zero-order valence-corrected chi connectivity index (χ0v) is 14.6. The molecule has 0 amide bonds. The summed E-state index contributed by atoms with van der Waals surface area (Å²) in [6, 6.07) is 0. The van der Waals surface area contributed by atoms with Crippen LogP contribution in [-0.4, -0.2) is 39.4 Å². The summed E-state index contributed by atoms with van der Waals surface area (Å²) in [6.45, 7) is 3.22. The van der Waals surface area contributed by atoms with Gasteiger partial charge in [-0.25, -0.2) is 0 Å². The minimum atomic E-state index is -0.563. The maximum Gasteiger partial charge on any atom is 0.129 e. The third-order valence-corrected chi connectivity index (χ3v) is 3.04. The van der Waals surface area contributed by atoms with Gasteiger partial charge in [-0.3, -0.25) is 0 Å². The van der Waals surface area contributed by atoms with E-state index < -0.39 is 18.3 Å². The van der Waals surface area contributed by atoms with Crippen LogP contribution in [0.25, 0.3) is 0 Å². The summed E-state index contributed by atoms with van der Waals surface area (Å²) in [4.78, 5) is 10.8. The largest absolute Gasteiger partial charge is 0.389 e. The highest BCUT2D eigenvalue weighted by atomic mass is 16.3. The molecule has 0 aromatic heterocycles. The number of rotatable bonds is 12.